The van der Waals surface area contributed by atoms with Gasteiger partial charge in [0.05, 0.1) is 11.1 Å². The number of carbonyl (C=O) groups excluding carboxylic acids is 1. The third kappa shape index (κ3) is 4.09. The first-order valence-electron chi connectivity index (χ1n) is 12.8. The molecule has 0 spiro atoms. The molecule has 1 aromatic heterocycles. The standard InChI is InChI=1S/C27H29F3N4O2/c1-16(35)3-6-20-22(29)10-21-24(23(20)30)31-26(32-25(21)33-12-17-4-5-18(9-17)13-33)36-15-27-7-2-8-34(27)14-19(28)11-27/h10,17-19H,2,4-5,7-9,11-15H2,1H3/t17?,18?,19-,27+/m1/s1. The summed E-state index contributed by atoms with van der Waals surface area (Å²) in [6, 6.07) is 1.20. The number of rotatable bonds is 4. The van der Waals surface area contributed by atoms with Crippen molar-refractivity contribution < 1.29 is 22.7 Å². The summed E-state index contributed by atoms with van der Waals surface area (Å²) >= 11 is 0. The van der Waals surface area contributed by atoms with Gasteiger partial charge in [-0.25, -0.2) is 13.2 Å². The maximum Gasteiger partial charge on any atom is 0.319 e. The molecule has 2 bridgehead atoms. The Hall–Kier alpha value is -2.86. The lowest BCUT2D eigenvalue weighted by atomic mass is 9.95. The zero-order chi connectivity index (χ0) is 25.0. The Morgan fingerprint density at radius 2 is 2.00 bits per heavy atom. The number of hydrogen-bond acceptors (Lipinski definition) is 6. The number of ether oxygens (including phenoxy) is 1. The van der Waals surface area contributed by atoms with E-state index in [0.717, 1.165) is 45.3 Å². The molecule has 0 radical (unpaired) electrons. The Labute approximate surface area is 208 Å². The summed E-state index contributed by atoms with van der Waals surface area (Å²) in [4.78, 5) is 24.5. The quantitative estimate of drug-likeness (QED) is 0.594. The van der Waals surface area contributed by atoms with Gasteiger partial charge in [0.25, 0.3) is 0 Å². The van der Waals surface area contributed by atoms with E-state index < -0.39 is 34.7 Å². The van der Waals surface area contributed by atoms with Crippen molar-refractivity contribution >= 4 is 22.5 Å². The molecular formula is C27H29F3N4O2. The maximum absolute atomic E-state index is 15.6. The fourth-order valence-corrected chi connectivity index (χ4v) is 6.76. The van der Waals surface area contributed by atoms with Crippen molar-refractivity contribution in [2.75, 3.05) is 37.7 Å². The second-order valence-electron chi connectivity index (χ2n) is 10.9. The van der Waals surface area contributed by atoms with Crippen molar-refractivity contribution in [3.63, 3.8) is 0 Å². The fraction of sp³-hybridized carbons (Fsp3) is 0.593. The Morgan fingerprint density at radius 1 is 1.22 bits per heavy atom. The van der Waals surface area contributed by atoms with E-state index in [9.17, 15) is 13.6 Å². The van der Waals surface area contributed by atoms with Crippen molar-refractivity contribution in [1.29, 1.82) is 0 Å². The first-order chi connectivity index (χ1) is 17.3. The lowest BCUT2D eigenvalue weighted by Crippen LogP contribution is -2.43. The predicted octanol–water partition coefficient (Wildman–Crippen LogP) is 4.04. The van der Waals surface area contributed by atoms with E-state index in [-0.39, 0.29) is 23.5 Å². The number of benzene rings is 1. The fourth-order valence-electron chi connectivity index (χ4n) is 6.76. The number of Topliss-reactive ketones (excluding diaryl/α,β-unsaturated/α-hetero) is 1. The molecule has 4 heterocycles. The van der Waals surface area contributed by atoms with Gasteiger partial charge in [0, 0.05) is 38.4 Å². The molecule has 2 unspecified atom stereocenters. The highest BCUT2D eigenvalue weighted by Crippen LogP contribution is 2.42. The zero-order valence-electron chi connectivity index (χ0n) is 20.3. The van der Waals surface area contributed by atoms with Crippen molar-refractivity contribution in [3.8, 4) is 17.9 Å². The van der Waals surface area contributed by atoms with Crippen LogP contribution < -0.4 is 9.64 Å². The number of anilines is 1. The number of hydrogen-bond donors (Lipinski definition) is 0. The Morgan fingerprint density at radius 3 is 2.75 bits per heavy atom. The molecule has 6 rings (SSSR count). The normalized spacial score (nSPS) is 29.3. The number of carbonyl (C=O) groups is 1. The molecule has 2 aromatic rings. The monoisotopic (exact) mass is 498 g/mol. The Kier molecular flexibility index (Phi) is 5.83. The second kappa shape index (κ2) is 8.91. The predicted molar refractivity (Wildman–Crippen MR) is 129 cm³/mol. The summed E-state index contributed by atoms with van der Waals surface area (Å²) < 4.78 is 50.9. The molecule has 4 aliphatic rings. The SMILES string of the molecule is CC(=O)C#Cc1c(F)cc2c(N3CC4CCC(C4)C3)nc(OC[C@@]34CCCN3C[C@H](F)C4)nc2c1F. The van der Waals surface area contributed by atoms with Gasteiger partial charge in [-0.3, -0.25) is 9.69 Å². The highest BCUT2D eigenvalue weighted by atomic mass is 19.1. The third-order valence-electron chi connectivity index (χ3n) is 8.34. The van der Waals surface area contributed by atoms with Crippen LogP contribution in [-0.4, -0.2) is 65.1 Å². The highest BCUT2D eigenvalue weighted by Gasteiger charge is 2.49. The third-order valence-corrected chi connectivity index (χ3v) is 8.34. The first kappa shape index (κ1) is 23.5. The number of piperidine rings is 1. The average Bonchev–Trinajstić information content (AvgIpc) is 3.48. The summed E-state index contributed by atoms with van der Waals surface area (Å²) in [5.74, 6) is 3.76. The number of aromatic nitrogens is 2. The topological polar surface area (TPSA) is 58.6 Å². The number of ketones is 1. The van der Waals surface area contributed by atoms with Gasteiger partial charge in [0.15, 0.2) is 5.82 Å². The maximum atomic E-state index is 15.6. The van der Waals surface area contributed by atoms with Crippen molar-refractivity contribution in [1.82, 2.24) is 14.9 Å². The van der Waals surface area contributed by atoms with E-state index in [4.69, 9.17) is 4.74 Å². The van der Waals surface area contributed by atoms with E-state index >= 15 is 4.39 Å². The first-order valence-corrected chi connectivity index (χ1v) is 12.8. The molecule has 0 N–H and O–H groups in total. The van der Waals surface area contributed by atoms with Crippen LogP contribution in [0.2, 0.25) is 0 Å². The van der Waals surface area contributed by atoms with Crippen LogP contribution in [0.4, 0.5) is 19.0 Å². The van der Waals surface area contributed by atoms with Gasteiger partial charge < -0.3 is 9.64 Å². The molecule has 190 valence electrons. The Balaban J connectivity index is 1.41. The van der Waals surface area contributed by atoms with Crippen LogP contribution in [0.3, 0.4) is 0 Å². The zero-order valence-corrected chi connectivity index (χ0v) is 20.3. The lowest BCUT2D eigenvalue weighted by molar-refractivity contribution is -0.111. The highest BCUT2D eigenvalue weighted by molar-refractivity contribution is 5.95. The van der Waals surface area contributed by atoms with Gasteiger partial charge in [-0.05, 0) is 62.5 Å². The molecule has 3 aliphatic heterocycles. The molecule has 4 fully saturated rings. The van der Waals surface area contributed by atoms with E-state index in [2.05, 4.69) is 31.6 Å². The lowest BCUT2D eigenvalue weighted by Gasteiger charge is -2.34. The second-order valence-corrected chi connectivity index (χ2v) is 10.9. The van der Waals surface area contributed by atoms with E-state index in [1.54, 1.807) is 0 Å². The van der Waals surface area contributed by atoms with Crippen molar-refractivity contribution in [2.24, 2.45) is 11.8 Å². The molecule has 3 saturated heterocycles. The minimum atomic E-state index is -0.933. The molecule has 1 aromatic carbocycles. The number of alkyl halides is 1. The molecule has 1 aliphatic carbocycles. The smallest absolute Gasteiger partial charge is 0.319 e. The average molecular weight is 499 g/mol. The number of nitrogens with zero attached hydrogens (tertiary/aromatic N) is 4. The van der Waals surface area contributed by atoms with Crippen molar-refractivity contribution in [3.05, 3.63) is 23.3 Å². The summed E-state index contributed by atoms with van der Waals surface area (Å²) in [6.45, 7) is 4.20. The van der Waals surface area contributed by atoms with Crippen molar-refractivity contribution in [2.45, 2.75) is 57.2 Å². The van der Waals surface area contributed by atoms with Gasteiger partial charge >= 0.3 is 6.01 Å². The minimum absolute atomic E-state index is 0.00469. The van der Waals surface area contributed by atoms with E-state index in [0.29, 0.717) is 30.6 Å². The molecule has 6 nitrogen and oxygen atoms in total. The van der Waals surface area contributed by atoms with Gasteiger partial charge in [-0.2, -0.15) is 9.97 Å². The van der Waals surface area contributed by atoms with E-state index in [1.807, 2.05) is 0 Å². The van der Waals surface area contributed by atoms with Crippen LogP contribution in [0.15, 0.2) is 6.07 Å². The molecule has 1 saturated carbocycles. The van der Waals surface area contributed by atoms with Gasteiger partial charge in [0.2, 0.25) is 5.78 Å². The summed E-state index contributed by atoms with van der Waals surface area (Å²) in [5.41, 5.74) is -0.983. The molecule has 9 heteroatoms. The minimum Gasteiger partial charge on any atom is -0.461 e. The van der Waals surface area contributed by atoms with Gasteiger partial charge in [-0.1, -0.05) is 5.92 Å². The van der Waals surface area contributed by atoms with Gasteiger partial charge in [0.1, 0.15) is 29.9 Å². The van der Waals surface area contributed by atoms with Crippen LogP contribution in [0.5, 0.6) is 6.01 Å². The van der Waals surface area contributed by atoms with Crippen LogP contribution in [0.1, 0.15) is 51.0 Å². The summed E-state index contributed by atoms with van der Waals surface area (Å²) in [6.07, 6.45) is 4.75. The van der Waals surface area contributed by atoms with Crippen LogP contribution in [-0.2, 0) is 4.79 Å². The summed E-state index contributed by atoms with van der Waals surface area (Å²) in [5, 5.41) is 0.261. The molecule has 0 amide bonds. The molecular weight excluding hydrogens is 469 g/mol. The molecule has 4 atom stereocenters. The van der Waals surface area contributed by atoms with Crippen LogP contribution in [0, 0.1) is 35.3 Å². The largest absolute Gasteiger partial charge is 0.461 e. The summed E-state index contributed by atoms with van der Waals surface area (Å²) in [7, 11) is 0. The van der Waals surface area contributed by atoms with Crippen LogP contribution in [0.25, 0.3) is 10.9 Å². The van der Waals surface area contributed by atoms with Crippen LogP contribution >= 0.6 is 0 Å². The number of halogens is 3. The van der Waals surface area contributed by atoms with E-state index in [1.165, 1.54) is 19.4 Å². The Bertz CT molecular complexity index is 1280. The van der Waals surface area contributed by atoms with Gasteiger partial charge in [-0.15, -0.1) is 0 Å². The number of fused-ring (bicyclic) bond motifs is 4. The molecule has 36 heavy (non-hydrogen) atoms.